The van der Waals surface area contributed by atoms with Gasteiger partial charge in [0.05, 0.1) is 12.5 Å². The summed E-state index contributed by atoms with van der Waals surface area (Å²) in [5, 5.41) is 3.94. The van der Waals surface area contributed by atoms with Crippen molar-refractivity contribution in [1.82, 2.24) is 14.7 Å². The first-order valence-electron chi connectivity index (χ1n) is 5.82. The summed E-state index contributed by atoms with van der Waals surface area (Å²) in [6.45, 7) is 1.37. The number of hydrogen-bond acceptors (Lipinski definition) is 5. The Morgan fingerprint density at radius 1 is 1.44 bits per heavy atom. The first-order chi connectivity index (χ1) is 8.74. The summed E-state index contributed by atoms with van der Waals surface area (Å²) < 4.78 is 12.0. The van der Waals surface area contributed by atoms with Crippen LogP contribution in [0.3, 0.4) is 0 Å². The van der Waals surface area contributed by atoms with Crippen molar-refractivity contribution in [2.45, 2.75) is 12.3 Å². The number of pyridine rings is 1. The molecule has 0 aromatic carbocycles. The zero-order chi connectivity index (χ0) is 12.5. The lowest BCUT2D eigenvalue weighted by molar-refractivity contribution is 0.189. The third kappa shape index (κ3) is 1.95. The van der Waals surface area contributed by atoms with Crippen molar-refractivity contribution in [2.24, 2.45) is 7.05 Å². The first kappa shape index (κ1) is 11.2. The molecule has 0 bridgehead atoms. The summed E-state index contributed by atoms with van der Waals surface area (Å²) in [6, 6.07) is 3.19. The van der Waals surface area contributed by atoms with Gasteiger partial charge < -0.3 is 13.8 Å². The zero-order valence-electron chi connectivity index (χ0n) is 10.00. The van der Waals surface area contributed by atoms with Crippen LogP contribution in [0.1, 0.15) is 18.2 Å². The summed E-state index contributed by atoms with van der Waals surface area (Å²) in [4.78, 5) is 15.7. The molecule has 0 saturated carbocycles. The molecule has 1 fully saturated rings. The monoisotopic (exact) mass is 247 g/mol. The third-order valence-corrected chi connectivity index (χ3v) is 3.06. The molecule has 1 atom stereocenters. The van der Waals surface area contributed by atoms with Gasteiger partial charge in [0.2, 0.25) is 17.3 Å². The lowest BCUT2D eigenvalue weighted by atomic mass is 10.1. The minimum Gasteiger partial charge on any atom is -0.381 e. The van der Waals surface area contributed by atoms with Crippen molar-refractivity contribution in [3.63, 3.8) is 0 Å². The Kier molecular flexibility index (Phi) is 2.71. The molecule has 94 valence electrons. The minimum atomic E-state index is -0.0633. The molecule has 2 aromatic rings. The van der Waals surface area contributed by atoms with Crippen LogP contribution in [0.2, 0.25) is 0 Å². The summed E-state index contributed by atoms with van der Waals surface area (Å²) in [7, 11) is 1.69. The molecule has 1 aliphatic heterocycles. The van der Waals surface area contributed by atoms with E-state index in [1.165, 1.54) is 10.6 Å². The normalized spacial score (nSPS) is 19.3. The van der Waals surface area contributed by atoms with E-state index in [0.717, 1.165) is 18.6 Å². The highest BCUT2D eigenvalue weighted by Crippen LogP contribution is 2.25. The van der Waals surface area contributed by atoms with Crippen molar-refractivity contribution in [1.29, 1.82) is 0 Å². The Morgan fingerprint density at radius 2 is 2.33 bits per heavy atom. The van der Waals surface area contributed by atoms with Gasteiger partial charge in [0.25, 0.3) is 0 Å². The number of aryl methyl sites for hydroxylation is 1. The van der Waals surface area contributed by atoms with Gasteiger partial charge in [-0.25, -0.2) is 0 Å². The number of aromatic nitrogens is 3. The van der Waals surface area contributed by atoms with Crippen LogP contribution < -0.4 is 5.56 Å². The van der Waals surface area contributed by atoms with E-state index in [1.54, 1.807) is 19.3 Å². The van der Waals surface area contributed by atoms with Crippen molar-refractivity contribution < 1.29 is 9.26 Å². The number of hydrogen-bond donors (Lipinski definition) is 0. The highest BCUT2D eigenvalue weighted by Gasteiger charge is 2.24. The van der Waals surface area contributed by atoms with Gasteiger partial charge in [0, 0.05) is 31.5 Å². The highest BCUT2D eigenvalue weighted by molar-refractivity contribution is 5.52. The van der Waals surface area contributed by atoms with Crippen molar-refractivity contribution in [2.75, 3.05) is 13.2 Å². The van der Waals surface area contributed by atoms with Gasteiger partial charge in [-0.3, -0.25) is 4.79 Å². The van der Waals surface area contributed by atoms with E-state index in [-0.39, 0.29) is 11.5 Å². The van der Waals surface area contributed by atoms with Crippen LogP contribution in [0.25, 0.3) is 11.4 Å². The molecular weight excluding hydrogens is 234 g/mol. The molecule has 18 heavy (non-hydrogen) atoms. The maximum absolute atomic E-state index is 11.3. The maximum atomic E-state index is 11.3. The minimum absolute atomic E-state index is 0.0633. The van der Waals surface area contributed by atoms with E-state index in [9.17, 15) is 4.79 Å². The van der Waals surface area contributed by atoms with Gasteiger partial charge in [-0.2, -0.15) is 4.98 Å². The quantitative estimate of drug-likeness (QED) is 0.789. The average Bonchev–Trinajstić information content (AvgIpc) is 3.01. The van der Waals surface area contributed by atoms with Crippen LogP contribution in [0.15, 0.2) is 27.6 Å². The fraction of sp³-hybridized carbons (Fsp3) is 0.417. The van der Waals surface area contributed by atoms with E-state index >= 15 is 0 Å². The molecule has 0 amide bonds. The number of rotatable bonds is 2. The molecule has 6 nitrogen and oxygen atoms in total. The Morgan fingerprint density at radius 3 is 3.06 bits per heavy atom. The fourth-order valence-corrected chi connectivity index (χ4v) is 1.97. The van der Waals surface area contributed by atoms with Crippen molar-refractivity contribution >= 4 is 0 Å². The van der Waals surface area contributed by atoms with E-state index < -0.39 is 0 Å². The molecule has 6 heteroatoms. The molecule has 2 aromatic heterocycles. The van der Waals surface area contributed by atoms with E-state index in [4.69, 9.17) is 9.26 Å². The Hall–Kier alpha value is -1.95. The number of nitrogens with zero attached hydrogens (tertiary/aromatic N) is 3. The molecule has 1 unspecified atom stereocenters. The summed E-state index contributed by atoms with van der Waals surface area (Å²) in [5.41, 5.74) is 0.706. The van der Waals surface area contributed by atoms with Gasteiger partial charge in [-0.15, -0.1) is 0 Å². The molecular formula is C12H13N3O3. The Bertz CT molecular complexity index is 611. The molecule has 1 aliphatic rings. The molecule has 3 rings (SSSR count). The Balaban J connectivity index is 1.92. The Labute approximate surface area is 103 Å². The first-order valence-corrected chi connectivity index (χ1v) is 5.82. The van der Waals surface area contributed by atoms with E-state index in [1.807, 2.05) is 0 Å². The SMILES string of the molecule is Cn1cc(-c2noc(C3CCOC3)n2)ccc1=O. The predicted octanol–water partition coefficient (Wildman–Crippen LogP) is 0.939. The van der Waals surface area contributed by atoms with Crippen LogP contribution in [0, 0.1) is 0 Å². The second-order valence-corrected chi connectivity index (χ2v) is 4.38. The van der Waals surface area contributed by atoms with Gasteiger partial charge in [-0.05, 0) is 12.5 Å². The summed E-state index contributed by atoms with van der Waals surface area (Å²) in [5.74, 6) is 1.31. The van der Waals surface area contributed by atoms with Crippen LogP contribution in [0.5, 0.6) is 0 Å². The molecule has 0 N–H and O–H groups in total. The highest BCUT2D eigenvalue weighted by atomic mass is 16.5. The largest absolute Gasteiger partial charge is 0.381 e. The second-order valence-electron chi connectivity index (χ2n) is 4.38. The van der Waals surface area contributed by atoms with E-state index in [0.29, 0.717) is 18.3 Å². The van der Waals surface area contributed by atoms with Crippen LogP contribution in [-0.4, -0.2) is 27.9 Å². The second kappa shape index (κ2) is 4.38. The van der Waals surface area contributed by atoms with Crippen molar-refractivity contribution in [3.8, 4) is 11.4 Å². The topological polar surface area (TPSA) is 70.2 Å². The van der Waals surface area contributed by atoms with Crippen LogP contribution in [-0.2, 0) is 11.8 Å². The lowest BCUT2D eigenvalue weighted by Gasteiger charge is -1.99. The molecule has 0 radical (unpaired) electrons. The van der Waals surface area contributed by atoms with Gasteiger partial charge in [0.1, 0.15) is 0 Å². The van der Waals surface area contributed by atoms with Gasteiger partial charge in [0.15, 0.2) is 0 Å². The lowest BCUT2D eigenvalue weighted by Crippen LogP contribution is -2.14. The molecule has 0 spiro atoms. The zero-order valence-corrected chi connectivity index (χ0v) is 10.00. The standard InChI is InChI=1S/C12H13N3O3/c1-15-6-8(2-3-10(15)16)11-13-12(18-14-11)9-4-5-17-7-9/h2-3,6,9H,4-5,7H2,1H3. The molecule has 1 saturated heterocycles. The van der Waals surface area contributed by atoms with Crippen molar-refractivity contribution in [3.05, 3.63) is 34.6 Å². The van der Waals surface area contributed by atoms with E-state index in [2.05, 4.69) is 10.1 Å². The molecule has 3 heterocycles. The molecule has 0 aliphatic carbocycles. The van der Waals surface area contributed by atoms with Gasteiger partial charge in [-0.1, -0.05) is 5.16 Å². The summed E-state index contributed by atoms with van der Waals surface area (Å²) in [6.07, 6.45) is 2.61. The smallest absolute Gasteiger partial charge is 0.250 e. The summed E-state index contributed by atoms with van der Waals surface area (Å²) >= 11 is 0. The average molecular weight is 247 g/mol. The number of ether oxygens (including phenoxy) is 1. The van der Waals surface area contributed by atoms with Crippen LogP contribution in [0.4, 0.5) is 0 Å². The van der Waals surface area contributed by atoms with Crippen LogP contribution >= 0.6 is 0 Å². The third-order valence-electron chi connectivity index (χ3n) is 3.06. The fourth-order valence-electron chi connectivity index (χ4n) is 1.97. The van der Waals surface area contributed by atoms with Gasteiger partial charge >= 0.3 is 0 Å². The predicted molar refractivity (Wildman–Crippen MR) is 63.2 cm³/mol. The maximum Gasteiger partial charge on any atom is 0.250 e.